The van der Waals surface area contributed by atoms with Gasteiger partial charge in [-0.1, -0.05) is 48.0 Å². The summed E-state index contributed by atoms with van der Waals surface area (Å²) in [5, 5.41) is 3.72. The normalized spacial score (nSPS) is 14.3. The fourth-order valence-electron chi connectivity index (χ4n) is 2.83. The summed E-state index contributed by atoms with van der Waals surface area (Å²) in [6.07, 6.45) is 0. The number of benzene rings is 2. The van der Waals surface area contributed by atoms with Crippen LogP contribution in [0, 0.1) is 6.92 Å². The van der Waals surface area contributed by atoms with Crippen LogP contribution in [-0.4, -0.2) is 37.0 Å². The third kappa shape index (κ3) is 3.36. The van der Waals surface area contributed by atoms with Crippen molar-refractivity contribution >= 4 is 34.7 Å². The minimum atomic E-state index is -0.370. The quantitative estimate of drug-likeness (QED) is 0.791. The van der Waals surface area contributed by atoms with Crippen molar-refractivity contribution in [2.24, 2.45) is 0 Å². The molecule has 1 N–H and O–H groups in total. The molecule has 2 aromatic rings. The van der Waals surface area contributed by atoms with Gasteiger partial charge in [0.2, 0.25) is 0 Å². The molecule has 0 saturated heterocycles. The fourth-order valence-corrected chi connectivity index (χ4v) is 3.00. The van der Waals surface area contributed by atoms with Crippen molar-refractivity contribution in [2.75, 3.05) is 25.6 Å². The average molecular weight is 371 g/mol. The summed E-state index contributed by atoms with van der Waals surface area (Å²) < 4.78 is 5.03. The van der Waals surface area contributed by atoms with Gasteiger partial charge in [-0.05, 0) is 30.2 Å². The number of halogens is 1. The Hall–Kier alpha value is -2.63. The summed E-state index contributed by atoms with van der Waals surface area (Å²) in [6.45, 7) is 2.34. The molecule has 2 amide bonds. The molecule has 2 aromatic carbocycles. The number of imide groups is 1. The predicted molar refractivity (Wildman–Crippen MR) is 102 cm³/mol. The number of nitrogens with zero attached hydrogens (tertiary/aromatic N) is 1. The molecule has 5 nitrogen and oxygen atoms in total. The third-order valence-electron chi connectivity index (χ3n) is 4.28. The highest BCUT2D eigenvalue weighted by atomic mass is 35.5. The molecule has 0 unspecified atom stereocenters. The van der Waals surface area contributed by atoms with Crippen molar-refractivity contribution in [3.05, 3.63) is 70.4 Å². The molecule has 1 aliphatic rings. The number of rotatable bonds is 6. The minimum absolute atomic E-state index is 0.199. The van der Waals surface area contributed by atoms with Crippen molar-refractivity contribution in [2.45, 2.75) is 6.92 Å². The van der Waals surface area contributed by atoms with Crippen molar-refractivity contribution in [1.82, 2.24) is 4.90 Å². The Bertz CT molecular complexity index is 878. The number of hydrogen-bond acceptors (Lipinski definition) is 4. The molecule has 3 rings (SSSR count). The van der Waals surface area contributed by atoms with Crippen molar-refractivity contribution in [1.29, 1.82) is 0 Å². The van der Waals surface area contributed by atoms with E-state index in [2.05, 4.69) is 5.32 Å². The summed E-state index contributed by atoms with van der Waals surface area (Å²) in [7, 11) is 1.53. The van der Waals surface area contributed by atoms with Crippen LogP contribution in [0.3, 0.4) is 0 Å². The Labute approximate surface area is 157 Å². The summed E-state index contributed by atoms with van der Waals surface area (Å²) in [5.41, 5.74) is 2.79. The molecule has 0 aliphatic carbocycles. The molecule has 0 fully saturated rings. The molecule has 0 saturated carbocycles. The Kier molecular flexibility index (Phi) is 5.40. The van der Waals surface area contributed by atoms with E-state index in [1.807, 2.05) is 43.3 Å². The van der Waals surface area contributed by atoms with Crippen LogP contribution in [0.5, 0.6) is 0 Å². The molecule has 1 heterocycles. The van der Waals surface area contributed by atoms with Crippen LogP contribution in [0.4, 0.5) is 5.69 Å². The maximum atomic E-state index is 12.9. The van der Waals surface area contributed by atoms with Crippen LogP contribution in [0.2, 0.25) is 5.02 Å². The van der Waals surface area contributed by atoms with E-state index in [9.17, 15) is 9.59 Å². The number of hydrogen-bond donors (Lipinski definition) is 1. The van der Waals surface area contributed by atoms with E-state index >= 15 is 0 Å². The Balaban J connectivity index is 2.06. The number of carbonyl (C=O) groups is 2. The first kappa shape index (κ1) is 18.2. The van der Waals surface area contributed by atoms with Crippen LogP contribution >= 0.6 is 11.6 Å². The van der Waals surface area contributed by atoms with Gasteiger partial charge in [-0.3, -0.25) is 14.5 Å². The van der Waals surface area contributed by atoms with Gasteiger partial charge in [0.15, 0.2) is 0 Å². The highest BCUT2D eigenvalue weighted by Gasteiger charge is 2.39. The molecule has 0 spiro atoms. The molecule has 0 aromatic heterocycles. The summed E-state index contributed by atoms with van der Waals surface area (Å²) in [5.74, 6) is -0.703. The zero-order valence-electron chi connectivity index (χ0n) is 14.6. The number of amides is 2. The van der Waals surface area contributed by atoms with Crippen LogP contribution in [0.15, 0.2) is 54.2 Å². The zero-order valence-corrected chi connectivity index (χ0v) is 15.3. The van der Waals surface area contributed by atoms with Crippen LogP contribution in [0.1, 0.15) is 11.1 Å². The Morgan fingerprint density at radius 2 is 1.77 bits per heavy atom. The van der Waals surface area contributed by atoms with Gasteiger partial charge in [-0.15, -0.1) is 0 Å². The van der Waals surface area contributed by atoms with E-state index in [0.717, 1.165) is 5.56 Å². The second-order valence-corrected chi connectivity index (χ2v) is 6.32. The van der Waals surface area contributed by atoms with E-state index in [1.165, 1.54) is 12.0 Å². The molecule has 0 radical (unpaired) electrons. The van der Waals surface area contributed by atoms with E-state index in [-0.39, 0.29) is 30.7 Å². The van der Waals surface area contributed by atoms with Gasteiger partial charge in [-0.25, -0.2) is 0 Å². The molecule has 1 aliphatic heterocycles. The molecule has 134 valence electrons. The standard InChI is InChI=1S/C20H19ClN2O3/c1-13-15(21)9-6-10-16(13)22-18-17(14-7-4-3-5-8-14)19(24)23(20(18)25)11-12-26-2/h3-10,22H,11-12H2,1-2H3. The monoisotopic (exact) mass is 370 g/mol. The van der Waals surface area contributed by atoms with Crippen molar-refractivity contribution < 1.29 is 14.3 Å². The van der Waals surface area contributed by atoms with Gasteiger partial charge in [0.1, 0.15) is 5.70 Å². The summed E-state index contributed by atoms with van der Waals surface area (Å²) >= 11 is 6.18. The maximum Gasteiger partial charge on any atom is 0.278 e. The maximum absolute atomic E-state index is 12.9. The lowest BCUT2D eigenvalue weighted by Crippen LogP contribution is -2.35. The van der Waals surface area contributed by atoms with Crippen LogP contribution in [0.25, 0.3) is 5.57 Å². The lowest BCUT2D eigenvalue weighted by atomic mass is 10.0. The number of ether oxygens (including phenoxy) is 1. The second kappa shape index (κ2) is 7.72. The first-order chi connectivity index (χ1) is 12.5. The van der Waals surface area contributed by atoms with E-state index in [4.69, 9.17) is 16.3 Å². The molecular formula is C20H19ClN2O3. The second-order valence-electron chi connectivity index (χ2n) is 5.91. The fraction of sp³-hybridized carbons (Fsp3) is 0.200. The van der Waals surface area contributed by atoms with Gasteiger partial charge >= 0.3 is 0 Å². The Morgan fingerprint density at radius 1 is 1.04 bits per heavy atom. The van der Waals surface area contributed by atoms with Crippen molar-refractivity contribution in [3.8, 4) is 0 Å². The predicted octanol–water partition coefficient (Wildman–Crippen LogP) is 3.49. The van der Waals surface area contributed by atoms with E-state index in [1.54, 1.807) is 12.1 Å². The lowest BCUT2D eigenvalue weighted by Gasteiger charge is -2.15. The SMILES string of the molecule is COCCN1C(=O)C(Nc2cccc(Cl)c2C)=C(c2ccccc2)C1=O. The lowest BCUT2D eigenvalue weighted by molar-refractivity contribution is -0.137. The number of methoxy groups -OCH3 is 1. The number of anilines is 1. The van der Waals surface area contributed by atoms with Gasteiger partial charge in [0.25, 0.3) is 11.8 Å². The molecule has 26 heavy (non-hydrogen) atoms. The topological polar surface area (TPSA) is 58.6 Å². The Morgan fingerprint density at radius 3 is 2.46 bits per heavy atom. The van der Waals surface area contributed by atoms with Crippen LogP contribution < -0.4 is 5.32 Å². The highest BCUT2D eigenvalue weighted by Crippen LogP contribution is 2.32. The molecule has 0 atom stereocenters. The smallest absolute Gasteiger partial charge is 0.278 e. The van der Waals surface area contributed by atoms with Crippen molar-refractivity contribution in [3.63, 3.8) is 0 Å². The third-order valence-corrected chi connectivity index (χ3v) is 4.69. The van der Waals surface area contributed by atoms with E-state index in [0.29, 0.717) is 21.8 Å². The van der Waals surface area contributed by atoms with Gasteiger partial charge in [0, 0.05) is 17.8 Å². The first-order valence-corrected chi connectivity index (χ1v) is 8.59. The van der Waals surface area contributed by atoms with Gasteiger partial charge < -0.3 is 10.1 Å². The first-order valence-electron chi connectivity index (χ1n) is 8.21. The summed E-state index contributed by atoms with van der Waals surface area (Å²) in [4.78, 5) is 27.0. The average Bonchev–Trinajstić information content (AvgIpc) is 2.88. The molecule has 6 heteroatoms. The minimum Gasteiger partial charge on any atom is -0.383 e. The van der Waals surface area contributed by atoms with Gasteiger partial charge in [0.05, 0.1) is 18.7 Å². The van der Waals surface area contributed by atoms with E-state index < -0.39 is 0 Å². The van der Waals surface area contributed by atoms with Crippen LogP contribution in [-0.2, 0) is 14.3 Å². The zero-order chi connectivity index (χ0) is 18.7. The largest absolute Gasteiger partial charge is 0.383 e. The number of carbonyl (C=O) groups excluding carboxylic acids is 2. The van der Waals surface area contributed by atoms with Gasteiger partial charge in [-0.2, -0.15) is 0 Å². The summed E-state index contributed by atoms with van der Waals surface area (Å²) in [6, 6.07) is 14.6. The highest BCUT2D eigenvalue weighted by molar-refractivity contribution is 6.36. The number of nitrogens with one attached hydrogen (secondary N) is 1. The molecule has 0 bridgehead atoms. The molecular weight excluding hydrogens is 352 g/mol.